The fourth-order valence-electron chi connectivity index (χ4n) is 3.17. The molecule has 0 amide bonds. The molecule has 2 N–H and O–H groups in total. The Morgan fingerprint density at radius 1 is 1.52 bits per heavy atom. The molecule has 1 saturated carbocycles. The largest absolute Gasteiger partial charge is 0.312 e. The zero-order valence-electron chi connectivity index (χ0n) is 13.5. The van der Waals surface area contributed by atoms with E-state index in [1.807, 2.05) is 6.92 Å². The maximum absolute atomic E-state index is 11.6. The van der Waals surface area contributed by atoms with Gasteiger partial charge in [-0.1, -0.05) is 39.0 Å². The lowest BCUT2D eigenvalue weighted by Gasteiger charge is -2.44. The number of hydrogen-bond acceptors (Lipinski definition) is 4. The van der Waals surface area contributed by atoms with Crippen molar-refractivity contribution in [2.45, 2.75) is 69.8 Å². The summed E-state index contributed by atoms with van der Waals surface area (Å²) in [6.07, 6.45) is 4.81. The van der Waals surface area contributed by atoms with Crippen molar-refractivity contribution in [1.82, 2.24) is 15.3 Å². The average molecular weight is 309 g/mol. The highest BCUT2D eigenvalue weighted by molar-refractivity contribution is 7.99. The predicted molar refractivity (Wildman–Crippen MR) is 89.0 cm³/mol. The van der Waals surface area contributed by atoms with Gasteiger partial charge in [-0.15, -0.1) is 0 Å². The molecule has 1 heterocycles. The minimum Gasteiger partial charge on any atom is -0.312 e. The van der Waals surface area contributed by atoms with Crippen LogP contribution in [0.4, 0.5) is 0 Å². The Morgan fingerprint density at radius 2 is 2.29 bits per heavy atom. The number of hydrogen-bond donors (Lipinski definition) is 2. The van der Waals surface area contributed by atoms with Gasteiger partial charge in [0.2, 0.25) is 0 Å². The maximum Gasteiger partial charge on any atom is 0.251 e. The van der Waals surface area contributed by atoms with Crippen LogP contribution in [-0.4, -0.2) is 27.8 Å². The minimum atomic E-state index is -0.0573. The highest BCUT2D eigenvalue weighted by Gasteiger charge is 2.39. The van der Waals surface area contributed by atoms with Crippen LogP contribution in [0.25, 0.3) is 0 Å². The van der Waals surface area contributed by atoms with Gasteiger partial charge in [0.15, 0.2) is 5.16 Å². The number of thioether (sulfide) groups is 1. The summed E-state index contributed by atoms with van der Waals surface area (Å²) in [6.45, 7) is 9.81. The third-order valence-electron chi connectivity index (χ3n) is 4.25. The van der Waals surface area contributed by atoms with Crippen molar-refractivity contribution in [3.8, 4) is 0 Å². The zero-order valence-corrected chi connectivity index (χ0v) is 14.3. The second-order valence-electron chi connectivity index (χ2n) is 6.66. The minimum absolute atomic E-state index is 0.0573. The van der Waals surface area contributed by atoms with E-state index in [0.29, 0.717) is 11.3 Å². The van der Waals surface area contributed by atoms with E-state index in [0.717, 1.165) is 23.8 Å². The van der Waals surface area contributed by atoms with Crippen LogP contribution >= 0.6 is 11.8 Å². The Balaban J connectivity index is 2.16. The molecule has 1 aliphatic rings. The Hall–Kier alpha value is -0.810. The number of nitrogens with one attached hydrogen (secondary N) is 2. The summed E-state index contributed by atoms with van der Waals surface area (Å²) in [5.74, 6) is 0. The molecule has 5 heteroatoms. The summed E-state index contributed by atoms with van der Waals surface area (Å²) in [5.41, 5.74) is 1.02. The van der Waals surface area contributed by atoms with Gasteiger partial charge in [-0.3, -0.25) is 4.79 Å². The molecular weight excluding hydrogens is 282 g/mol. The molecule has 0 aromatic carbocycles. The second kappa shape index (κ2) is 6.97. The summed E-state index contributed by atoms with van der Waals surface area (Å²) in [4.78, 5) is 18.9. The molecule has 1 aromatic heterocycles. The summed E-state index contributed by atoms with van der Waals surface area (Å²) < 4.78 is 0. The van der Waals surface area contributed by atoms with Crippen LogP contribution in [0, 0.1) is 12.3 Å². The van der Waals surface area contributed by atoms with E-state index in [1.54, 1.807) is 17.8 Å². The summed E-state index contributed by atoms with van der Waals surface area (Å²) in [7, 11) is 0. The Bertz CT molecular complexity index is 526. The van der Waals surface area contributed by atoms with E-state index in [1.165, 1.54) is 19.3 Å². The molecule has 0 aliphatic heterocycles. The summed E-state index contributed by atoms with van der Waals surface area (Å²) in [6, 6.07) is 2.00. The zero-order chi connectivity index (χ0) is 15.5. The van der Waals surface area contributed by atoms with Crippen LogP contribution < -0.4 is 10.9 Å². The van der Waals surface area contributed by atoms with Crippen molar-refractivity contribution in [3.05, 3.63) is 22.1 Å². The second-order valence-corrected chi connectivity index (χ2v) is 7.89. The highest BCUT2D eigenvalue weighted by Crippen LogP contribution is 2.42. The van der Waals surface area contributed by atoms with Crippen LogP contribution in [0.2, 0.25) is 0 Å². The van der Waals surface area contributed by atoms with Crippen molar-refractivity contribution in [1.29, 1.82) is 0 Å². The molecule has 0 saturated heterocycles. The van der Waals surface area contributed by atoms with E-state index in [2.05, 4.69) is 36.1 Å². The van der Waals surface area contributed by atoms with Gasteiger partial charge in [0.1, 0.15) is 0 Å². The lowest BCUT2D eigenvalue weighted by atomic mass is 9.73. The van der Waals surface area contributed by atoms with Gasteiger partial charge >= 0.3 is 0 Å². The molecule has 4 nitrogen and oxygen atoms in total. The molecule has 1 aromatic rings. The number of aromatic nitrogens is 2. The molecular formula is C16H27N3OS. The fraction of sp³-hybridized carbons (Fsp3) is 0.750. The topological polar surface area (TPSA) is 57.8 Å². The van der Waals surface area contributed by atoms with Gasteiger partial charge in [0.25, 0.3) is 5.56 Å². The van der Waals surface area contributed by atoms with Gasteiger partial charge in [-0.05, 0) is 38.1 Å². The van der Waals surface area contributed by atoms with Crippen LogP contribution in [0.15, 0.2) is 16.0 Å². The van der Waals surface area contributed by atoms with Crippen LogP contribution in [0.1, 0.15) is 52.1 Å². The molecule has 2 atom stereocenters. The monoisotopic (exact) mass is 309 g/mol. The third kappa shape index (κ3) is 4.33. The molecule has 0 bridgehead atoms. The highest BCUT2D eigenvalue weighted by atomic mass is 32.2. The Kier molecular flexibility index (Phi) is 5.49. The van der Waals surface area contributed by atoms with E-state index in [-0.39, 0.29) is 11.0 Å². The summed E-state index contributed by atoms with van der Waals surface area (Å²) >= 11 is 1.72. The van der Waals surface area contributed by atoms with Crippen molar-refractivity contribution < 1.29 is 0 Å². The van der Waals surface area contributed by atoms with Gasteiger partial charge in [-0.2, -0.15) is 0 Å². The summed E-state index contributed by atoms with van der Waals surface area (Å²) in [5, 5.41) is 4.94. The number of aromatic amines is 1. The molecule has 2 unspecified atom stereocenters. The lowest BCUT2D eigenvalue weighted by Crippen LogP contribution is -2.51. The Labute approximate surface area is 131 Å². The fourth-order valence-corrected chi connectivity index (χ4v) is 4.70. The Morgan fingerprint density at radius 3 is 2.95 bits per heavy atom. The standard InChI is InChI=1S/C16H27N3OS/c1-5-9-17-14-12(7-6-8-16(14,3)4)21-15-18-11(2)10-13(20)19-15/h10,12,14,17H,5-9H2,1-4H3,(H,18,19,20). The number of H-pyrrole nitrogens is 1. The van der Waals surface area contributed by atoms with Crippen molar-refractivity contribution in [2.24, 2.45) is 5.41 Å². The maximum atomic E-state index is 11.6. The molecule has 2 rings (SSSR count). The number of aryl methyl sites for hydroxylation is 1. The first-order valence-electron chi connectivity index (χ1n) is 7.90. The smallest absolute Gasteiger partial charge is 0.251 e. The van der Waals surface area contributed by atoms with Crippen LogP contribution in [0.5, 0.6) is 0 Å². The first kappa shape index (κ1) is 16.6. The molecule has 1 aliphatic carbocycles. The van der Waals surface area contributed by atoms with Crippen molar-refractivity contribution in [2.75, 3.05) is 6.54 Å². The normalized spacial score (nSPS) is 25.0. The first-order chi connectivity index (χ1) is 9.92. The van der Waals surface area contributed by atoms with Crippen molar-refractivity contribution >= 4 is 11.8 Å². The van der Waals surface area contributed by atoms with Crippen molar-refractivity contribution in [3.63, 3.8) is 0 Å². The molecule has 0 radical (unpaired) electrons. The van der Waals surface area contributed by atoms with E-state index in [9.17, 15) is 4.79 Å². The third-order valence-corrected chi connectivity index (χ3v) is 5.48. The molecule has 21 heavy (non-hydrogen) atoms. The molecule has 1 fully saturated rings. The molecule has 0 spiro atoms. The van der Waals surface area contributed by atoms with E-state index < -0.39 is 0 Å². The van der Waals surface area contributed by atoms with Crippen LogP contribution in [-0.2, 0) is 0 Å². The first-order valence-corrected chi connectivity index (χ1v) is 8.78. The SMILES string of the molecule is CCCNC1C(Sc2nc(C)cc(=O)[nH]2)CCCC1(C)C. The van der Waals surface area contributed by atoms with Gasteiger partial charge in [-0.25, -0.2) is 4.98 Å². The van der Waals surface area contributed by atoms with Gasteiger partial charge in [0, 0.05) is 23.1 Å². The quantitative estimate of drug-likeness (QED) is 0.821. The number of nitrogens with zero attached hydrogens (tertiary/aromatic N) is 1. The average Bonchev–Trinajstić information content (AvgIpc) is 2.36. The predicted octanol–water partition coefficient (Wildman–Crippen LogP) is 3.12. The van der Waals surface area contributed by atoms with E-state index in [4.69, 9.17) is 0 Å². The lowest BCUT2D eigenvalue weighted by molar-refractivity contribution is 0.175. The van der Waals surface area contributed by atoms with Gasteiger partial charge in [0.05, 0.1) is 0 Å². The molecule has 118 valence electrons. The van der Waals surface area contributed by atoms with Crippen LogP contribution in [0.3, 0.4) is 0 Å². The number of rotatable bonds is 5. The van der Waals surface area contributed by atoms with Gasteiger partial charge < -0.3 is 10.3 Å². The van der Waals surface area contributed by atoms with E-state index >= 15 is 0 Å².